The summed E-state index contributed by atoms with van der Waals surface area (Å²) in [5.41, 5.74) is 3.45. The standard InChI is InChI=1S/C23H26N4O/c1-16-14-18(6-11-24-16)23(9-10-23)21-19-4-2-3-5-20(19)22(27-26-21)25-15-17-7-12-28-13-8-17/h2-6,11,14,17H,7-10,12-13,15H2,1H3,(H,25,27). The molecule has 3 heterocycles. The van der Waals surface area contributed by atoms with Crippen LogP contribution in [0.1, 0.15) is 42.6 Å². The SMILES string of the molecule is Cc1cc(C2(c3nnc(NCC4CCOCC4)c4ccccc34)CC2)ccn1. The summed E-state index contributed by atoms with van der Waals surface area (Å²) in [6.45, 7) is 4.71. The van der Waals surface area contributed by atoms with Gasteiger partial charge in [-0.25, -0.2) is 0 Å². The fraction of sp³-hybridized carbons (Fsp3) is 0.435. The Labute approximate surface area is 165 Å². The number of anilines is 1. The van der Waals surface area contributed by atoms with Gasteiger partial charge in [0.15, 0.2) is 5.82 Å². The molecule has 1 aliphatic carbocycles. The normalized spacial score (nSPS) is 18.9. The second-order valence-electron chi connectivity index (χ2n) is 8.15. The Kier molecular flexibility index (Phi) is 4.47. The van der Waals surface area contributed by atoms with Crippen LogP contribution in [0.4, 0.5) is 5.82 Å². The lowest BCUT2D eigenvalue weighted by Gasteiger charge is -2.23. The van der Waals surface area contributed by atoms with Gasteiger partial charge in [0.25, 0.3) is 0 Å². The van der Waals surface area contributed by atoms with E-state index in [0.717, 1.165) is 68.0 Å². The van der Waals surface area contributed by atoms with Crippen LogP contribution >= 0.6 is 0 Å². The third kappa shape index (κ3) is 3.14. The molecule has 1 aromatic carbocycles. The predicted molar refractivity (Wildman–Crippen MR) is 111 cm³/mol. The van der Waals surface area contributed by atoms with Gasteiger partial charge in [-0.05, 0) is 56.2 Å². The Morgan fingerprint density at radius 1 is 1.07 bits per heavy atom. The van der Waals surface area contributed by atoms with Gasteiger partial charge in [0.05, 0.1) is 5.69 Å². The van der Waals surface area contributed by atoms with Gasteiger partial charge in [-0.15, -0.1) is 5.10 Å². The van der Waals surface area contributed by atoms with E-state index in [9.17, 15) is 0 Å². The average molecular weight is 374 g/mol. The zero-order valence-corrected chi connectivity index (χ0v) is 16.3. The molecule has 2 aromatic heterocycles. The maximum atomic E-state index is 5.47. The average Bonchev–Trinajstić information content (AvgIpc) is 3.55. The second-order valence-corrected chi connectivity index (χ2v) is 8.15. The Bertz CT molecular complexity index is 993. The lowest BCUT2D eigenvalue weighted by atomic mass is 9.89. The van der Waals surface area contributed by atoms with Gasteiger partial charge < -0.3 is 10.1 Å². The summed E-state index contributed by atoms with van der Waals surface area (Å²) < 4.78 is 5.47. The zero-order chi connectivity index (χ0) is 19.0. The summed E-state index contributed by atoms with van der Waals surface area (Å²) in [6, 6.07) is 12.9. The number of benzene rings is 1. The van der Waals surface area contributed by atoms with Gasteiger partial charge in [0.1, 0.15) is 0 Å². The van der Waals surface area contributed by atoms with E-state index >= 15 is 0 Å². The molecule has 0 bridgehead atoms. The van der Waals surface area contributed by atoms with E-state index < -0.39 is 0 Å². The Hall–Kier alpha value is -2.53. The lowest BCUT2D eigenvalue weighted by molar-refractivity contribution is 0.0699. The van der Waals surface area contributed by atoms with Gasteiger partial charge in [0.2, 0.25) is 0 Å². The summed E-state index contributed by atoms with van der Waals surface area (Å²) in [4.78, 5) is 4.36. The van der Waals surface area contributed by atoms with Gasteiger partial charge in [-0.2, -0.15) is 5.10 Å². The fourth-order valence-corrected chi connectivity index (χ4v) is 4.41. The molecule has 0 spiro atoms. The van der Waals surface area contributed by atoms with Crippen LogP contribution in [0, 0.1) is 12.8 Å². The van der Waals surface area contributed by atoms with Gasteiger partial charge >= 0.3 is 0 Å². The van der Waals surface area contributed by atoms with Crippen molar-refractivity contribution in [1.82, 2.24) is 15.2 Å². The van der Waals surface area contributed by atoms with Crippen molar-refractivity contribution in [2.45, 2.75) is 38.0 Å². The molecular weight excluding hydrogens is 348 g/mol. The summed E-state index contributed by atoms with van der Waals surface area (Å²) in [5.74, 6) is 1.54. The molecule has 28 heavy (non-hydrogen) atoms. The molecule has 0 amide bonds. The zero-order valence-electron chi connectivity index (χ0n) is 16.3. The molecule has 5 rings (SSSR count). The van der Waals surface area contributed by atoms with Crippen LogP contribution in [-0.4, -0.2) is 34.9 Å². The molecule has 5 nitrogen and oxygen atoms in total. The number of rotatable bonds is 5. The van der Waals surface area contributed by atoms with Crippen molar-refractivity contribution < 1.29 is 4.74 Å². The van der Waals surface area contributed by atoms with Crippen LogP contribution in [0.5, 0.6) is 0 Å². The summed E-state index contributed by atoms with van der Waals surface area (Å²) in [6.07, 6.45) is 6.36. The Balaban J connectivity index is 1.50. The first kappa shape index (κ1) is 17.6. The quantitative estimate of drug-likeness (QED) is 0.723. The molecule has 1 aliphatic heterocycles. The van der Waals surface area contributed by atoms with Crippen LogP contribution in [-0.2, 0) is 10.2 Å². The molecule has 2 aliphatic rings. The van der Waals surface area contributed by atoms with Crippen molar-refractivity contribution in [2.75, 3.05) is 25.1 Å². The van der Waals surface area contributed by atoms with Crippen molar-refractivity contribution >= 4 is 16.6 Å². The minimum Gasteiger partial charge on any atom is -0.381 e. The second kappa shape index (κ2) is 7.13. The molecule has 3 aromatic rings. The Morgan fingerprint density at radius 3 is 2.61 bits per heavy atom. The van der Waals surface area contributed by atoms with E-state index in [1.165, 1.54) is 10.9 Å². The lowest BCUT2D eigenvalue weighted by Crippen LogP contribution is -2.23. The monoisotopic (exact) mass is 374 g/mol. The topological polar surface area (TPSA) is 59.9 Å². The van der Waals surface area contributed by atoms with Crippen molar-refractivity contribution in [3.63, 3.8) is 0 Å². The number of fused-ring (bicyclic) bond motifs is 1. The smallest absolute Gasteiger partial charge is 0.156 e. The third-order valence-corrected chi connectivity index (χ3v) is 6.24. The van der Waals surface area contributed by atoms with Crippen molar-refractivity contribution in [3.8, 4) is 0 Å². The maximum absolute atomic E-state index is 5.47. The first-order chi connectivity index (χ1) is 13.8. The maximum Gasteiger partial charge on any atom is 0.156 e. The highest BCUT2D eigenvalue weighted by atomic mass is 16.5. The number of hydrogen-bond donors (Lipinski definition) is 1. The molecule has 0 radical (unpaired) electrons. The van der Waals surface area contributed by atoms with Gasteiger partial charge in [0, 0.05) is 47.8 Å². The van der Waals surface area contributed by atoms with Crippen LogP contribution in [0.2, 0.25) is 0 Å². The van der Waals surface area contributed by atoms with E-state index in [4.69, 9.17) is 9.84 Å². The Morgan fingerprint density at radius 2 is 1.86 bits per heavy atom. The predicted octanol–water partition coefficient (Wildman–Crippen LogP) is 4.25. The van der Waals surface area contributed by atoms with E-state index in [0.29, 0.717) is 5.92 Å². The number of aryl methyl sites for hydroxylation is 1. The number of pyridine rings is 1. The molecule has 5 heteroatoms. The van der Waals surface area contributed by atoms with E-state index in [-0.39, 0.29) is 5.41 Å². The molecule has 0 atom stereocenters. The van der Waals surface area contributed by atoms with Crippen molar-refractivity contribution in [2.24, 2.45) is 5.92 Å². The first-order valence-corrected chi connectivity index (χ1v) is 10.3. The summed E-state index contributed by atoms with van der Waals surface area (Å²) in [5, 5.41) is 15.3. The summed E-state index contributed by atoms with van der Waals surface area (Å²) >= 11 is 0. The first-order valence-electron chi connectivity index (χ1n) is 10.3. The van der Waals surface area contributed by atoms with Gasteiger partial charge in [-0.3, -0.25) is 4.98 Å². The molecule has 144 valence electrons. The molecule has 1 saturated heterocycles. The van der Waals surface area contributed by atoms with E-state index in [2.05, 4.69) is 51.8 Å². The number of hydrogen-bond acceptors (Lipinski definition) is 5. The van der Waals surface area contributed by atoms with E-state index in [1.807, 2.05) is 13.1 Å². The highest BCUT2D eigenvalue weighted by molar-refractivity contribution is 5.94. The number of aromatic nitrogens is 3. The molecule has 1 saturated carbocycles. The number of ether oxygens (including phenoxy) is 1. The number of nitrogens with zero attached hydrogens (tertiary/aromatic N) is 3. The van der Waals surface area contributed by atoms with Crippen molar-refractivity contribution in [3.05, 3.63) is 59.5 Å². The highest BCUT2D eigenvalue weighted by Gasteiger charge is 2.48. The molecular formula is C23H26N4O. The summed E-state index contributed by atoms with van der Waals surface area (Å²) in [7, 11) is 0. The van der Waals surface area contributed by atoms with Crippen LogP contribution in [0.3, 0.4) is 0 Å². The van der Waals surface area contributed by atoms with Gasteiger partial charge in [-0.1, -0.05) is 24.3 Å². The largest absolute Gasteiger partial charge is 0.381 e. The number of nitrogens with one attached hydrogen (secondary N) is 1. The molecule has 2 fully saturated rings. The minimum absolute atomic E-state index is 0.0143. The minimum atomic E-state index is -0.0143. The third-order valence-electron chi connectivity index (χ3n) is 6.24. The highest BCUT2D eigenvalue weighted by Crippen LogP contribution is 2.54. The van der Waals surface area contributed by atoms with Crippen molar-refractivity contribution in [1.29, 1.82) is 0 Å². The van der Waals surface area contributed by atoms with Crippen LogP contribution in [0.25, 0.3) is 10.8 Å². The van der Waals surface area contributed by atoms with Crippen LogP contribution < -0.4 is 5.32 Å². The molecule has 1 N–H and O–H groups in total. The fourth-order valence-electron chi connectivity index (χ4n) is 4.41. The van der Waals surface area contributed by atoms with Crippen LogP contribution in [0.15, 0.2) is 42.6 Å². The van der Waals surface area contributed by atoms with E-state index in [1.54, 1.807) is 0 Å². The molecule has 0 unspecified atom stereocenters.